The lowest BCUT2D eigenvalue weighted by atomic mass is 10.1. The van der Waals surface area contributed by atoms with Gasteiger partial charge < -0.3 is 10.2 Å². The molecule has 2 aromatic rings. The summed E-state index contributed by atoms with van der Waals surface area (Å²) >= 11 is 0. The van der Waals surface area contributed by atoms with E-state index < -0.39 is 0 Å². The topological polar surface area (TPSA) is 28.2 Å². The van der Waals surface area contributed by atoms with Gasteiger partial charge in [-0.1, -0.05) is 12.1 Å². The molecule has 1 atom stereocenters. The number of aromatic nitrogens is 1. The first-order valence-corrected chi connectivity index (χ1v) is 6.69. The van der Waals surface area contributed by atoms with E-state index in [9.17, 15) is 4.39 Å². The van der Waals surface area contributed by atoms with E-state index in [1.54, 1.807) is 12.3 Å². The molecule has 0 amide bonds. The molecule has 0 saturated heterocycles. The number of anilines is 1. The molecule has 0 spiro atoms. The third kappa shape index (κ3) is 3.33. The van der Waals surface area contributed by atoms with Gasteiger partial charge in [0.2, 0.25) is 0 Å². The lowest BCUT2D eigenvalue weighted by Gasteiger charge is -2.21. The van der Waals surface area contributed by atoms with Crippen molar-refractivity contribution < 1.29 is 4.39 Å². The number of hydrogen-bond acceptors (Lipinski definition) is 3. The van der Waals surface area contributed by atoms with Crippen LogP contribution in [0.3, 0.4) is 0 Å². The molecule has 1 aromatic heterocycles. The van der Waals surface area contributed by atoms with Crippen molar-refractivity contribution in [3.05, 3.63) is 59.7 Å². The second-order valence-corrected chi connectivity index (χ2v) is 4.90. The Hall–Kier alpha value is -1.94. The predicted octanol–water partition coefficient (Wildman–Crippen LogP) is 3.14. The van der Waals surface area contributed by atoms with Crippen LogP contribution in [-0.2, 0) is 6.54 Å². The number of rotatable bonds is 5. The van der Waals surface area contributed by atoms with E-state index in [-0.39, 0.29) is 11.9 Å². The van der Waals surface area contributed by atoms with Crippen LogP contribution in [0.1, 0.15) is 24.2 Å². The number of nitrogens with one attached hydrogen (secondary N) is 1. The lowest BCUT2D eigenvalue weighted by molar-refractivity contribution is 0.604. The monoisotopic (exact) mass is 273 g/mol. The summed E-state index contributed by atoms with van der Waals surface area (Å²) in [7, 11) is 3.73. The summed E-state index contributed by atoms with van der Waals surface area (Å²) in [6.45, 7) is 2.59. The Morgan fingerprint density at radius 3 is 2.70 bits per heavy atom. The van der Waals surface area contributed by atoms with Crippen LogP contribution >= 0.6 is 0 Å². The maximum atomic E-state index is 14.2. The van der Waals surface area contributed by atoms with E-state index in [0.29, 0.717) is 12.2 Å². The van der Waals surface area contributed by atoms with Crippen LogP contribution in [0.4, 0.5) is 10.1 Å². The Morgan fingerprint density at radius 1 is 1.30 bits per heavy atom. The highest BCUT2D eigenvalue weighted by Gasteiger charge is 2.11. The van der Waals surface area contributed by atoms with E-state index >= 15 is 0 Å². The summed E-state index contributed by atoms with van der Waals surface area (Å²) < 4.78 is 14.2. The Morgan fingerprint density at radius 2 is 2.10 bits per heavy atom. The van der Waals surface area contributed by atoms with Crippen molar-refractivity contribution >= 4 is 5.69 Å². The molecule has 0 radical (unpaired) electrons. The van der Waals surface area contributed by atoms with Crippen molar-refractivity contribution in [3.8, 4) is 0 Å². The number of halogens is 1. The first-order valence-electron chi connectivity index (χ1n) is 6.69. The summed E-state index contributed by atoms with van der Waals surface area (Å²) in [5.74, 6) is -0.206. The van der Waals surface area contributed by atoms with Crippen LogP contribution in [-0.4, -0.2) is 19.1 Å². The number of nitrogens with zero attached hydrogens (tertiary/aromatic N) is 2. The Balaban J connectivity index is 2.16. The van der Waals surface area contributed by atoms with Gasteiger partial charge in [0.1, 0.15) is 5.82 Å². The third-order valence-corrected chi connectivity index (χ3v) is 3.44. The Labute approximate surface area is 119 Å². The molecule has 3 nitrogen and oxygen atoms in total. The van der Waals surface area contributed by atoms with Gasteiger partial charge >= 0.3 is 0 Å². The average Bonchev–Trinajstić information content (AvgIpc) is 2.47. The summed E-state index contributed by atoms with van der Waals surface area (Å²) in [5.41, 5.74) is 2.45. The number of hydrogen-bond donors (Lipinski definition) is 1. The Kier molecular flexibility index (Phi) is 4.69. The molecule has 2 rings (SSSR count). The van der Waals surface area contributed by atoms with Gasteiger partial charge in [0, 0.05) is 19.3 Å². The zero-order valence-corrected chi connectivity index (χ0v) is 12.1. The highest BCUT2D eigenvalue weighted by Crippen LogP contribution is 2.23. The molecular weight excluding hydrogens is 253 g/mol. The molecule has 0 bridgehead atoms. The molecule has 0 saturated carbocycles. The third-order valence-electron chi connectivity index (χ3n) is 3.44. The zero-order chi connectivity index (χ0) is 14.5. The number of pyridine rings is 1. The summed E-state index contributed by atoms with van der Waals surface area (Å²) in [4.78, 5) is 6.13. The molecule has 0 aliphatic heterocycles. The normalized spacial score (nSPS) is 12.2. The molecule has 0 aliphatic rings. The van der Waals surface area contributed by atoms with Crippen LogP contribution < -0.4 is 10.2 Å². The minimum atomic E-state index is -0.206. The average molecular weight is 273 g/mol. The quantitative estimate of drug-likeness (QED) is 0.907. The SMILES string of the molecule is CNC(C)c1ccc(N(C)Cc2ccccn2)c(F)c1. The molecule has 4 heteroatoms. The molecule has 1 unspecified atom stereocenters. The first-order chi connectivity index (χ1) is 9.61. The van der Waals surface area contributed by atoms with Crippen LogP contribution in [0.15, 0.2) is 42.6 Å². The molecular formula is C16H20FN3. The smallest absolute Gasteiger partial charge is 0.146 e. The molecule has 1 heterocycles. The van der Waals surface area contributed by atoms with Gasteiger partial charge in [-0.2, -0.15) is 0 Å². The highest BCUT2D eigenvalue weighted by atomic mass is 19.1. The van der Waals surface area contributed by atoms with E-state index in [1.165, 1.54) is 0 Å². The molecule has 1 aromatic carbocycles. The van der Waals surface area contributed by atoms with Crippen molar-refractivity contribution in [3.63, 3.8) is 0 Å². The Bertz CT molecular complexity index is 557. The maximum Gasteiger partial charge on any atom is 0.146 e. The molecule has 20 heavy (non-hydrogen) atoms. The molecule has 1 N–H and O–H groups in total. The predicted molar refractivity (Wildman–Crippen MR) is 80.2 cm³/mol. The van der Waals surface area contributed by atoms with Crippen molar-refractivity contribution in [2.45, 2.75) is 19.5 Å². The minimum absolute atomic E-state index is 0.139. The van der Waals surface area contributed by atoms with Gasteiger partial charge in [-0.25, -0.2) is 4.39 Å². The molecule has 106 valence electrons. The fourth-order valence-corrected chi connectivity index (χ4v) is 2.09. The van der Waals surface area contributed by atoms with Gasteiger partial charge in [-0.05, 0) is 43.8 Å². The van der Waals surface area contributed by atoms with Crippen molar-refractivity contribution in [2.24, 2.45) is 0 Å². The van der Waals surface area contributed by atoms with Crippen molar-refractivity contribution in [1.29, 1.82) is 0 Å². The fourth-order valence-electron chi connectivity index (χ4n) is 2.09. The second-order valence-electron chi connectivity index (χ2n) is 4.90. The van der Waals surface area contributed by atoms with Crippen LogP contribution in [0, 0.1) is 5.82 Å². The van der Waals surface area contributed by atoms with Crippen molar-refractivity contribution in [2.75, 3.05) is 19.0 Å². The fraction of sp³-hybridized carbons (Fsp3) is 0.312. The lowest BCUT2D eigenvalue weighted by Crippen LogP contribution is -2.19. The zero-order valence-electron chi connectivity index (χ0n) is 12.1. The van der Waals surface area contributed by atoms with Crippen LogP contribution in [0.2, 0.25) is 0 Å². The van der Waals surface area contributed by atoms with Crippen LogP contribution in [0.5, 0.6) is 0 Å². The first kappa shape index (κ1) is 14.5. The molecule has 0 fully saturated rings. The maximum absolute atomic E-state index is 14.2. The van der Waals surface area contributed by atoms with E-state index in [4.69, 9.17) is 0 Å². The second kappa shape index (κ2) is 6.48. The van der Waals surface area contributed by atoms with Gasteiger partial charge in [0.15, 0.2) is 0 Å². The minimum Gasteiger partial charge on any atom is -0.366 e. The largest absolute Gasteiger partial charge is 0.366 e. The summed E-state index contributed by atoms with van der Waals surface area (Å²) in [6, 6.07) is 11.2. The van der Waals surface area contributed by atoms with E-state index in [0.717, 1.165) is 11.3 Å². The number of benzene rings is 1. The van der Waals surface area contributed by atoms with E-state index in [2.05, 4.69) is 10.3 Å². The van der Waals surface area contributed by atoms with Crippen molar-refractivity contribution in [1.82, 2.24) is 10.3 Å². The standard InChI is InChI=1S/C16H20FN3/c1-12(18-2)13-7-8-16(15(17)10-13)20(3)11-14-6-4-5-9-19-14/h4-10,12,18H,11H2,1-3H3. The van der Waals surface area contributed by atoms with Gasteiger partial charge in [-0.3, -0.25) is 4.98 Å². The molecule has 0 aliphatic carbocycles. The van der Waals surface area contributed by atoms with E-state index in [1.807, 2.05) is 56.3 Å². The highest BCUT2D eigenvalue weighted by molar-refractivity contribution is 5.49. The van der Waals surface area contributed by atoms with Crippen LogP contribution in [0.25, 0.3) is 0 Å². The van der Waals surface area contributed by atoms with Gasteiger partial charge in [-0.15, -0.1) is 0 Å². The summed E-state index contributed by atoms with van der Waals surface area (Å²) in [6.07, 6.45) is 1.75. The van der Waals surface area contributed by atoms with Gasteiger partial charge in [0.25, 0.3) is 0 Å². The summed E-state index contributed by atoms with van der Waals surface area (Å²) in [5, 5.41) is 3.11. The van der Waals surface area contributed by atoms with Gasteiger partial charge in [0.05, 0.1) is 17.9 Å².